The topological polar surface area (TPSA) is 63.6 Å². The minimum absolute atomic E-state index is 0.0319. The summed E-state index contributed by atoms with van der Waals surface area (Å²) in [6.45, 7) is 9.33. The fourth-order valence-corrected chi connectivity index (χ4v) is 2.92. The number of ketones is 2. The van der Waals surface area contributed by atoms with Crippen molar-refractivity contribution in [1.82, 2.24) is 0 Å². The molecule has 28 heavy (non-hydrogen) atoms. The average molecular weight is 409 g/mol. The molecule has 158 valence electrons. The van der Waals surface area contributed by atoms with E-state index in [4.69, 9.17) is 4.18 Å². The van der Waals surface area contributed by atoms with Gasteiger partial charge in [0.05, 0.1) is 13.2 Å². The first kappa shape index (κ1) is 26.6. The second kappa shape index (κ2) is 15.5. The standard InChI is InChI=1S/C23H36O4S/c1-7-17(2)13-11-9-8-10-12-14-18(3)21(25)16-22(26)19(4)15-23(20(5)24)28-27-6/h8-11,13,15,18,22-23,26H,7,12,14,16H2,1-6H3/b10-8+,11-9+,17-13+,19-15+/t18?,22?,23-/m1/s1. The van der Waals surface area contributed by atoms with Crippen molar-refractivity contribution in [2.24, 2.45) is 5.92 Å². The van der Waals surface area contributed by atoms with Crippen molar-refractivity contribution in [3.63, 3.8) is 0 Å². The first-order valence-corrected chi connectivity index (χ1v) is 10.6. The van der Waals surface area contributed by atoms with E-state index in [1.165, 1.54) is 19.6 Å². The summed E-state index contributed by atoms with van der Waals surface area (Å²) in [5.41, 5.74) is 1.95. The lowest BCUT2D eigenvalue weighted by Gasteiger charge is -2.16. The Labute approximate surface area is 175 Å². The van der Waals surface area contributed by atoms with Crippen molar-refractivity contribution in [2.45, 2.75) is 71.7 Å². The largest absolute Gasteiger partial charge is 0.388 e. The molecule has 2 unspecified atom stereocenters. The summed E-state index contributed by atoms with van der Waals surface area (Å²) in [5.74, 6) is -0.140. The van der Waals surface area contributed by atoms with Crippen molar-refractivity contribution in [3.8, 4) is 0 Å². The van der Waals surface area contributed by atoms with Crippen LogP contribution in [0.2, 0.25) is 0 Å². The highest BCUT2D eigenvalue weighted by Gasteiger charge is 2.20. The molecule has 0 heterocycles. The predicted octanol–water partition coefficient (Wildman–Crippen LogP) is 5.39. The van der Waals surface area contributed by atoms with Crippen molar-refractivity contribution in [2.75, 3.05) is 7.11 Å². The Morgan fingerprint density at radius 1 is 1.14 bits per heavy atom. The molecule has 0 amide bonds. The van der Waals surface area contributed by atoms with Crippen LogP contribution in [0.15, 0.2) is 47.6 Å². The van der Waals surface area contributed by atoms with Gasteiger partial charge in [0.25, 0.3) is 0 Å². The van der Waals surface area contributed by atoms with Crippen LogP contribution in [-0.2, 0) is 13.8 Å². The minimum Gasteiger partial charge on any atom is -0.388 e. The number of carbonyl (C=O) groups is 2. The summed E-state index contributed by atoms with van der Waals surface area (Å²) in [6, 6.07) is 0. The highest BCUT2D eigenvalue weighted by molar-refractivity contribution is 7.96. The molecule has 1 N–H and O–H groups in total. The van der Waals surface area contributed by atoms with Gasteiger partial charge in [0.15, 0.2) is 0 Å². The van der Waals surface area contributed by atoms with Crippen LogP contribution in [0.3, 0.4) is 0 Å². The molecule has 0 fully saturated rings. The maximum Gasteiger partial charge on any atom is 0.148 e. The van der Waals surface area contributed by atoms with Gasteiger partial charge < -0.3 is 9.29 Å². The molecule has 4 nitrogen and oxygen atoms in total. The smallest absolute Gasteiger partial charge is 0.148 e. The Hall–Kier alpha value is -1.43. The predicted molar refractivity (Wildman–Crippen MR) is 119 cm³/mol. The maximum atomic E-state index is 12.3. The molecule has 0 aliphatic heterocycles. The van der Waals surface area contributed by atoms with Crippen molar-refractivity contribution in [1.29, 1.82) is 0 Å². The van der Waals surface area contributed by atoms with E-state index in [2.05, 4.69) is 26.0 Å². The van der Waals surface area contributed by atoms with Gasteiger partial charge in [-0.25, -0.2) is 0 Å². The number of hydrogen-bond donors (Lipinski definition) is 1. The summed E-state index contributed by atoms with van der Waals surface area (Å²) in [6.07, 6.45) is 13.6. The highest BCUT2D eigenvalue weighted by atomic mass is 32.2. The third kappa shape index (κ3) is 12.1. The third-order valence-corrected chi connectivity index (χ3v) is 5.42. The molecule has 0 spiro atoms. The third-order valence-electron chi connectivity index (χ3n) is 4.55. The zero-order chi connectivity index (χ0) is 21.5. The van der Waals surface area contributed by atoms with Gasteiger partial charge in [0.1, 0.15) is 16.8 Å². The summed E-state index contributed by atoms with van der Waals surface area (Å²) >= 11 is 1.04. The Morgan fingerprint density at radius 3 is 2.39 bits per heavy atom. The summed E-state index contributed by atoms with van der Waals surface area (Å²) in [5, 5.41) is 9.82. The lowest BCUT2D eigenvalue weighted by Crippen LogP contribution is -2.21. The molecule has 0 radical (unpaired) electrons. The van der Waals surface area contributed by atoms with E-state index in [1.54, 1.807) is 13.0 Å². The number of carbonyl (C=O) groups excluding carboxylic acids is 2. The fraction of sp³-hybridized carbons (Fsp3) is 0.565. The molecule has 0 bridgehead atoms. The molecule has 0 aromatic rings. The van der Waals surface area contributed by atoms with Gasteiger partial charge in [-0.05, 0) is 45.6 Å². The Kier molecular flexibility index (Phi) is 14.7. The zero-order valence-corrected chi connectivity index (χ0v) is 18.9. The van der Waals surface area contributed by atoms with Crippen LogP contribution in [0, 0.1) is 5.92 Å². The SMILES string of the molecule is CC/C(C)=C/C=C/C=C/CCC(C)C(=O)CC(O)/C(C)=C/[C@@H](SOC)C(C)=O. The van der Waals surface area contributed by atoms with Gasteiger partial charge in [0, 0.05) is 24.4 Å². The van der Waals surface area contributed by atoms with E-state index in [1.807, 2.05) is 25.2 Å². The second-order valence-corrected chi connectivity index (χ2v) is 8.08. The lowest BCUT2D eigenvalue weighted by atomic mass is 9.94. The van der Waals surface area contributed by atoms with E-state index < -0.39 is 11.4 Å². The molecule has 0 saturated heterocycles. The van der Waals surface area contributed by atoms with E-state index in [0.29, 0.717) is 5.57 Å². The molecular weight excluding hydrogens is 372 g/mol. The van der Waals surface area contributed by atoms with Crippen LogP contribution < -0.4 is 0 Å². The number of Topliss-reactive ketones (excluding diaryl/α,β-unsaturated/α-hetero) is 2. The average Bonchev–Trinajstić information content (AvgIpc) is 2.65. The van der Waals surface area contributed by atoms with Gasteiger partial charge in [-0.15, -0.1) is 0 Å². The van der Waals surface area contributed by atoms with E-state index in [0.717, 1.165) is 31.3 Å². The normalized spacial score (nSPS) is 16.5. The van der Waals surface area contributed by atoms with Crippen LogP contribution in [0.5, 0.6) is 0 Å². The van der Waals surface area contributed by atoms with Crippen molar-refractivity contribution < 1.29 is 18.9 Å². The van der Waals surface area contributed by atoms with Gasteiger partial charge >= 0.3 is 0 Å². The van der Waals surface area contributed by atoms with Crippen molar-refractivity contribution >= 4 is 23.6 Å². The van der Waals surface area contributed by atoms with E-state index in [-0.39, 0.29) is 23.9 Å². The zero-order valence-electron chi connectivity index (χ0n) is 18.1. The molecule has 5 heteroatoms. The first-order valence-electron chi connectivity index (χ1n) is 9.80. The molecule has 0 rings (SSSR count). The van der Waals surface area contributed by atoms with Gasteiger partial charge in [-0.1, -0.05) is 55.9 Å². The first-order chi connectivity index (χ1) is 13.2. The van der Waals surface area contributed by atoms with Crippen LogP contribution in [-0.4, -0.2) is 35.1 Å². The second-order valence-electron chi connectivity index (χ2n) is 7.05. The summed E-state index contributed by atoms with van der Waals surface area (Å²) < 4.78 is 4.95. The number of aliphatic hydroxyl groups is 1. The Balaban J connectivity index is 4.47. The number of hydrogen-bond acceptors (Lipinski definition) is 5. The summed E-state index contributed by atoms with van der Waals surface area (Å²) in [4.78, 5) is 23.9. The van der Waals surface area contributed by atoms with E-state index in [9.17, 15) is 14.7 Å². The number of allylic oxidation sites excluding steroid dienone is 6. The monoisotopic (exact) mass is 408 g/mol. The van der Waals surface area contributed by atoms with Crippen LogP contribution >= 0.6 is 12.0 Å². The van der Waals surface area contributed by atoms with Crippen LogP contribution in [0.25, 0.3) is 0 Å². The van der Waals surface area contributed by atoms with Gasteiger partial charge in [-0.3, -0.25) is 9.59 Å². The molecule has 0 aromatic carbocycles. The van der Waals surface area contributed by atoms with Crippen LogP contribution in [0.1, 0.15) is 60.3 Å². The quantitative estimate of drug-likeness (QED) is 0.237. The fourth-order valence-electron chi connectivity index (χ4n) is 2.30. The molecule has 3 atom stereocenters. The maximum absolute atomic E-state index is 12.3. The van der Waals surface area contributed by atoms with Crippen LogP contribution in [0.4, 0.5) is 0 Å². The molecule has 0 aromatic heterocycles. The molecule has 0 aliphatic carbocycles. The lowest BCUT2D eigenvalue weighted by molar-refractivity contribution is -0.124. The van der Waals surface area contributed by atoms with Crippen molar-refractivity contribution in [3.05, 3.63) is 47.6 Å². The van der Waals surface area contributed by atoms with Gasteiger partial charge in [0.2, 0.25) is 0 Å². The Morgan fingerprint density at radius 2 is 1.82 bits per heavy atom. The molecule has 0 aliphatic rings. The minimum atomic E-state index is -0.874. The summed E-state index contributed by atoms with van der Waals surface area (Å²) in [7, 11) is 1.50. The molecule has 0 saturated carbocycles. The van der Waals surface area contributed by atoms with Gasteiger partial charge in [-0.2, -0.15) is 0 Å². The number of aliphatic hydroxyl groups excluding tert-OH is 1. The van der Waals surface area contributed by atoms with E-state index >= 15 is 0 Å². The Bertz CT molecular complexity index is 602. The highest BCUT2D eigenvalue weighted by Crippen LogP contribution is 2.19. The molecular formula is C23H36O4S. The number of rotatable bonds is 14.